The zero-order valence-corrected chi connectivity index (χ0v) is 18.1. The number of anilines is 1. The van der Waals surface area contributed by atoms with E-state index >= 15 is 0 Å². The van der Waals surface area contributed by atoms with Gasteiger partial charge in [-0.25, -0.2) is 0 Å². The average Bonchev–Trinajstić information content (AvgIpc) is 2.69. The standard InChI is InChI=1S/C22H27NO5S/c1-5-26-19-10-8-17(12-20(19)27-6-2)23-21(24)13-28-22(25)14-29-18-9-7-15(3)16(4)11-18/h7-12H,5-6,13-14H2,1-4H3,(H,23,24). The van der Waals surface area contributed by atoms with Crippen LogP contribution < -0.4 is 14.8 Å². The summed E-state index contributed by atoms with van der Waals surface area (Å²) >= 11 is 1.38. The minimum atomic E-state index is -0.440. The third kappa shape index (κ3) is 7.34. The van der Waals surface area contributed by atoms with E-state index < -0.39 is 11.9 Å². The number of benzene rings is 2. The van der Waals surface area contributed by atoms with Crippen LogP contribution in [0.15, 0.2) is 41.3 Å². The van der Waals surface area contributed by atoms with Gasteiger partial charge in [0.05, 0.1) is 19.0 Å². The molecule has 0 heterocycles. The number of nitrogens with one attached hydrogen (secondary N) is 1. The van der Waals surface area contributed by atoms with Crippen LogP contribution in [0.25, 0.3) is 0 Å². The molecule has 6 nitrogen and oxygen atoms in total. The molecule has 7 heteroatoms. The van der Waals surface area contributed by atoms with Crippen LogP contribution in [0.3, 0.4) is 0 Å². The lowest BCUT2D eigenvalue weighted by Crippen LogP contribution is -2.21. The van der Waals surface area contributed by atoms with E-state index in [1.165, 1.54) is 22.9 Å². The molecule has 0 unspecified atom stereocenters. The molecule has 0 saturated carbocycles. The van der Waals surface area contributed by atoms with Crippen molar-refractivity contribution in [2.24, 2.45) is 0 Å². The van der Waals surface area contributed by atoms with E-state index in [0.717, 1.165) is 4.90 Å². The number of rotatable bonds is 10. The van der Waals surface area contributed by atoms with Gasteiger partial charge in [0.2, 0.25) is 0 Å². The van der Waals surface area contributed by atoms with Crippen molar-refractivity contribution in [1.82, 2.24) is 0 Å². The van der Waals surface area contributed by atoms with Crippen LogP contribution >= 0.6 is 11.8 Å². The first-order valence-corrected chi connectivity index (χ1v) is 10.5. The minimum absolute atomic E-state index is 0.146. The van der Waals surface area contributed by atoms with Crippen molar-refractivity contribution in [3.63, 3.8) is 0 Å². The van der Waals surface area contributed by atoms with E-state index in [1.807, 2.05) is 45.9 Å². The van der Waals surface area contributed by atoms with Crippen LogP contribution in [-0.2, 0) is 14.3 Å². The smallest absolute Gasteiger partial charge is 0.316 e. The second-order valence-electron chi connectivity index (χ2n) is 6.27. The molecule has 0 aliphatic heterocycles. The molecule has 2 aromatic rings. The first-order valence-electron chi connectivity index (χ1n) is 9.48. The monoisotopic (exact) mass is 417 g/mol. The third-order valence-electron chi connectivity index (χ3n) is 4.03. The van der Waals surface area contributed by atoms with E-state index in [2.05, 4.69) is 5.32 Å². The molecule has 0 spiro atoms. The Morgan fingerprint density at radius 3 is 2.34 bits per heavy atom. The normalized spacial score (nSPS) is 10.3. The fourth-order valence-electron chi connectivity index (χ4n) is 2.46. The molecule has 2 aromatic carbocycles. The van der Waals surface area contributed by atoms with Gasteiger partial charge in [-0.1, -0.05) is 6.07 Å². The van der Waals surface area contributed by atoms with Crippen molar-refractivity contribution in [3.8, 4) is 11.5 Å². The molecule has 0 aliphatic rings. The molecule has 0 aromatic heterocycles. The van der Waals surface area contributed by atoms with Gasteiger partial charge >= 0.3 is 5.97 Å². The summed E-state index contributed by atoms with van der Waals surface area (Å²) in [5, 5.41) is 2.69. The van der Waals surface area contributed by atoms with Crippen molar-refractivity contribution in [2.45, 2.75) is 32.6 Å². The van der Waals surface area contributed by atoms with Crippen LogP contribution in [0.5, 0.6) is 11.5 Å². The van der Waals surface area contributed by atoms with Crippen molar-refractivity contribution < 1.29 is 23.8 Å². The molecule has 1 amide bonds. The van der Waals surface area contributed by atoms with E-state index in [0.29, 0.717) is 30.4 Å². The predicted octanol–water partition coefficient (Wildman–Crippen LogP) is 4.37. The zero-order chi connectivity index (χ0) is 21.2. The van der Waals surface area contributed by atoms with Gasteiger partial charge in [-0.3, -0.25) is 9.59 Å². The summed E-state index contributed by atoms with van der Waals surface area (Å²) in [5.74, 6) is 0.454. The van der Waals surface area contributed by atoms with E-state index in [4.69, 9.17) is 14.2 Å². The fraction of sp³-hybridized carbons (Fsp3) is 0.364. The summed E-state index contributed by atoms with van der Waals surface area (Å²) in [6.07, 6.45) is 0. The van der Waals surface area contributed by atoms with Crippen molar-refractivity contribution in [2.75, 3.05) is 30.9 Å². The molecule has 29 heavy (non-hydrogen) atoms. The number of thioether (sulfide) groups is 1. The van der Waals surface area contributed by atoms with Gasteiger partial charge in [-0.15, -0.1) is 11.8 Å². The van der Waals surface area contributed by atoms with Crippen molar-refractivity contribution in [3.05, 3.63) is 47.5 Å². The van der Waals surface area contributed by atoms with Gasteiger partial charge in [0, 0.05) is 16.6 Å². The lowest BCUT2D eigenvalue weighted by Gasteiger charge is -2.13. The SMILES string of the molecule is CCOc1ccc(NC(=O)COC(=O)CSc2ccc(C)c(C)c2)cc1OCC. The summed E-state index contributed by atoms with van der Waals surface area (Å²) in [5.41, 5.74) is 2.92. The maximum Gasteiger partial charge on any atom is 0.316 e. The number of esters is 1. The Morgan fingerprint density at radius 2 is 1.66 bits per heavy atom. The van der Waals surface area contributed by atoms with Gasteiger partial charge in [-0.05, 0) is 63.1 Å². The van der Waals surface area contributed by atoms with Gasteiger partial charge in [0.1, 0.15) is 0 Å². The van der Waals surface area contributed by atoms with Gasteiger partial charge < -0.3 is 19.5 Å². The average molecular weight is 418 g/mol. The maximum atomic E-state index is 12.1. The van der Waals surface area contributed by atoms with Crippen LogP contribution in [0.2, 0.25) is 0 Å². The van der Waals surface area contributed by atoms with Crippen LogP contribution in [0.1, 0.15) is 25.0 Å². The Labute approximate surface area is 175 Å². The largest absolute Gasteiger partial charge is 0.490 e. The first-order chi connectivity index (χ1) is 13.9. The van der Waals surface area contributed by atoms with Crippen molar-refractivity contribution in [1.29, 1.82) is 0 Å². The highest BCUT2D eigenvalue weighted by molar-refractivity contribution is 8.00. The van der Waals surface area contributed by atoms with Gasteiger partial charge in [0.15, 0.2) is 18.1 Å². The molecule has 0 aliphatic carbocycles. The highest BCUT2D eigenvalue weighted by Crippen LogP contribution is 2.30. The van der Waals surface area contributed by atoms with Crippen LogP contribution in [-0.4, -0.2) is 37.4 Å². The quantitative estimate of drug-likeness (QED) is 0.457. The second kappa shape index (κ2) is 11.4. The Morgan fingerprint density at radius 1 is 0.931 bits per heavy atom. The molecular formula is C22H27NO5S. The molecule has 2 rings (SSSR count). The number of carbonyl (C=O) groups excluding carboxylic acids is 2. The summed E-state index contributed by atoms with van der Waals surface area (Å²) in [6.45, 7) is 8.48. The van der Waals surface area contributed by atoms with Gasteiger partial charge in [0.25, 0.3) is 5.91 Å². The van der Waals surface area contributed by atoms with E-state index in [9.17, 15) is 9.59 Å². The van der Waals surface area contributed by atoms with Crippen LogP contribution in [0, 0.1) is 13.8 Å². The van der Waals surface area contributed by atoms with Crippen molar-refractivity contribution >= 4 is 29.3 Å². The van der Waals surface area contributed by atoms with E-state index in [1.54, 1.807) is 18.2 Å². The molecular weight excluding hydrogens is 390 g/mol. The molecule has 0 atom stereocenters. The summed E-state index contributed by atoms with van der Waals surface area (Å²) < 4.78 is 16.1. The molecule has 0 fully saturated rings. The number of ether oxygens (including phenoxy) is 3. The molecule has 0 bridgehead atoms. The fourth-order valence-corrected chi connectivity index (χ4v) is 3.25. The number of hydrogen-bond acceptors (Lipinski definition) is 6. The Bertz CT molecular complexity index is 853. The Hall–Kier alpha value is -2.67. The second-order valence-corrected chi connectivity index (χ2v) is 7.32. The molecule has 0 radical (unpaired) electrons. The number of amides is 1. The highest BCUT2D eigenvalue weighted by Gasteiger charge is 2.11. The lowest BCUT2D eigenvalue weighted by atomic mass is 10.1. The number of carbonyl (C=O) groups is 2. The molecule has 1 N–H and O–H groups in total. The summed E-state index contributed by atoms with van der Waals surface area (Å²) in [6, 6.07) is 11.1. The Kier molecular flexibility index (Phi) is 8.86. The topological polar surface area (TPSA) is 73.9 Å². The van der Waals surface area contributed by atoms with Crippen LogP contribution in [0.4, 0.5) is 5.69 Å². The molecule has 0 saturated heterocycles. The lowest BCUT2D eigenvalue weighted by molar-refractivity contribution is -0.144. The minimum Gasteiger partial charge on any atom is -0.490 e. The predicted molar refractivity (Wildman–Crippen MR) is 115 cm³/mol. The molecule has 156 valence electrons. The Balaban J connectivity index is 1.81. The maximum absolute atomic E-state index is 12.1. The first kappa shape index (κ1) is 22.6. The number of hydrogen-bond donors (Lipinski definition) is 1. The summed E-state index contributed by atoms with van der Waals surface area (Å²) in [4.78, 5) is 25.0. The zero-order valence-electron chi connectivity index (χ0n) is 17.2. The van der Waals surface area contributed by atoms with Gasteiger partial charge in [-0.2, -0.15) is 0 Å². The third-order valence-corrected chi connectivity index (χ3v) is 4.99. The highest BCUT2D eigenvalue weighted by atomic mass is 32.2. The van der Waals surface area contributed by atoms with E-state index in [-0.39, 0.29) is 12.4 Å². The number of aryl methyl sites for hydroxylation is 2. The summed E-state index contributed by atoms with van der Waals surface area (Å²) in [7, 11) is 0.